The van der Waals surface area contributed by atoms with E-state index in [1.54, 1.807) is 50.4 Å². The molecule has 1 aromatic rings. The van der Waals surface area contributed by atoms with E-state index in [4.69, 9.17) is 17.3 Å². The molecule has 0 aliphatic carbocycles. The number of nitrogens with one attached hydrogen (secondary N) is 3. The van der Waals surface area contributed by atoms with Gasteiger partial charge in [-0.1, -0.05) is 55.5 Å². The van der Waals surface area contributed by atoms with E-state index in [1.807, 2.05) is 6.92 Å². The largest absolute Gasteiger partial charge is 0.350 e. The molecule has 1 saturated heterocycles. The number of nitrogens with two attached hydrogens (primary N) is 1. The van der Waals surface area contributed by atoms with Crippen LogP contribution in [0.5, 0.6) is 0 Å². The molecular formula is C29H43ClN6O5S. The molecule has 232 valence electrons. The lowest BCUT2D eigenvalue weighted by Crippen LogP contribution is -2.63. The van der Waals surface area contributed by atoms with Crippen molar-refractivity contribution in [2.24, 2.45) is 5.73 Å². The number of likely N-dealkylation sites (N-methyl/N-ethyl adjacent to an activating group) is 2. The zero-order valence-corrected chi connectivity index (χ0v) is 26.1. The first-order valence-corrected chi connectivity index (χ1v) is 15.9. The normalized spacial score (nSPS) is 16.2. The lowest BCUT2D eigenvalue weighted by atomic mass is 9.99. The fraction of sp³-hybridized carbons (Fsp3) is 0.483. The van der Waals surface area contributed by atoms with Crippen LogP contribution < -0.4 is 21.1 Å². The number of rotatable bonds is 17. The minimum absolute atomic E-state index is 0.166. The fourth-order valence-corrected chi connectivity index (χ4v) is 5.96. The smallest absolute Gasteiger partial charge is 0.243 e. The van der Waals surface area contributed by atoms with Gasteiger partial charge in [0.1, 0.15) is 12.1 Å². The number of likely N-dealkylation sites (tertiary alicyclic amines) is 1. The highest BCUT2D eigenvalue weighted by Gasteiger charge is 2.42. The first kappa shape index (κ1) is 35.2. The van der Waals surface area contributed by atoms with Crippen molar-refractivity contribution in [3.63, 3.8) is 0 Å². The molecule has 0 spiro atoms. The maximum Gasteiger partial charge on any atom is 0.243 e. The molecule has 1 heterocycles. The van der Waals surface area contributed by atoms with Crippen molar-refractivity contribution in [3.8, 4) is 0 Å². The molecule has 0 aromatic heterocycles. The van der Waals surface area contributed by atoms with Gasteiger partial charge in [-0.3, -0.25) is 14.4 Å². The van der Waals surface area contributed by atoms with Gasteiger partial charge in [-0.2, -0.15) is 0 Å². The van der Waals surface area contributed by atoms with Crippen molar-refractivity contribution in [1.82, 2.24) is 25.2 Å². The molecule has 11 nitrogen and oxygen atoms in total. The van der Waals surface area contributed by atoms with Gasteiger partial charge in [0.05, 0.1) is 12.2 Å². The first-order chi connectivity index (χ1) is 20.0. The van der Waals surface area contributed by atoms with Crippen molar-refractivity contribution in [2.75, 3.05) is 39.0 Å². The summed E-state index contributed by atoms with van der Waals surface area (Å²) < 4.78 is 28.7. The van der Waals surface area contributed by atoms with Gasteiger partial charge in [-0.05, 0) is 48.7 Å². The summed E-state index contributed by atoms with van der Waals surface area (Å²) in [6, 6.07) is 3.05. The van der Waals surface area contributed by atoms with Crippen LogP contribution in [-0.4, -0.2) is 87.0 Å². The van der Waals surface area contributed by atoms with Gasteiger partial charge in [0.25, 0.3) is 0 Å². The highest BCUT2D eigenvalue weighted by atomic mass is 35.5. The molecule has 1 aliphatic heterocycles. The zero-order valence-electron chi connectivity index (χ0n) is 24.6. The Morgan fingerprint density at radius 3 is 2.62 bits per heavy atom. The van der Waals surface area contributed by atoms with Gasteiger partial charge in [0.15, 0.2) is 0 Å². The lowest BCUT2D eigenvalue weighted by Gasteiger charge is -2.41. The summed E-state index contributed by atoms with van der Waals surface area (Å²) in [4.78, 5) is 42.5. The van der Waals surface area contributed by atoms with Crippen LogP contribution >= 0.6 is 11.6 Å². The molecule has 0 radical (unpaired) electrons. The third kappa shape index (κ3) is 10.7. The molecule has 42 heavy (non-hydrogen) atoms. The topological polar surface area (TPSA) is 154 Å². The monoisotopic (exact) mass is 622 g/mol. The van der Waals surface area contributed by atoms with Crippen molar-refractivity contribution < 1.29 is 22.8 Å². The van der Waals surface area contributed by atoms with Crippen LogP contribution in [0.4, 0.5) is 0 Å². The molecule has 2 unspecified atom stereocenters. The van der Waals surface area contributed by atoms with E-state index in [2.05, 4.69) is 21.9 Å². The van der Waals surface area contributed by atoms with E-state index in [0.29, 0.717) is 30.1 Å². The van der Waals surface area contributed by atoms with Crippen molar-refractivity contribution in [2.45, 2.75) is 51.9 Å². The predicted molar refractivity (Wildman–Crippen MR) is 166 cm³/mol. The second-order valence-corrected chi connectivity index (χ2v) is 12.1. The SMILES string of the molecule is C=CC=C(C=CC)CS(=O)(=O)NC(CC(=O)N(C)CCNCC)C(=O)N1CCC1C(=O)NCc1cc(Cl)ccc1CN. The minimum Gasteiger partial charge on any atom is -0.350 e. The van der Waals surface area contributed by atoms with Gasteiger partial charge in [-0.25, -0.2) is 13.1 Å². The van der Waals surface area contributed by atoms with E-state index in [1.165, 1.54) is 15.9 Å². The number of hydrogen-bond donors (Lipinski definition) is 4. The summed E-state index contributed by atoms with van der Waals surface area (Å²) in [5.74, 6) is -1.84. The van der Waals surface area contributed by atoms with Crippen molar-refractivity contribution in [3.05, 3.63) is 70.8 Å². The highest BCUT2D eigenvalue weighted by molar-refractivity contribution is 7.89. The lowest BCUT2D eigenvalue weighted by molar-refractivity contribution is -0.150. The molecule has 2 atom stereocenters. The van der Waals surface area contributed by atoms with E-state index in [-0.39, 0.29) is 19.6 Å². The second-order valence-electron chi connectivity index (χ2n) is 9.95. The Kier molecular flexibility index (Phi) is 14.4. The summed E-state index contributed by atoms with van der Waals surface area (Å²) in [6.07, 6.45) is 6.36. The van der Waals surface area contributed by atoms with Crippen LogP contribution in [0.15, 0.2) is 54.7 Å². The van der Waals surface area contributed by atoms with E-state index < -0.39 is 52.0 Å². The molecule has 5 N–H and O–H groups in total. The molecule has 3 amide bonds. The second kappa shape index (κ2) is 17.2. The number of nitrogens with zero attached hydrogens (tertiary/aromatic N) is 2. The van der Waals surface area contributed by atoms with E-state index >= 15 is 0 Å². The average Bonchev–Trinajstić information content (AvgIpc) is 2.91. The molecule has 1 aromatic carbocycles. The summed E-state index contributed by atoms with van der Waals surface area (Å²) in [5, 5.41) is 6.45. The number of allylic oxidation sites excluding steroid dienone is 4. The Hall–Kier alpha value is -3.03. The van der Waals surface area contributed by atoms with Gasteiger partial charge in [-0.15, -0.1) is 0 Å². The maximum absolute atomic E-state index is 13.7. The first-order valence-electron chi connectivity index (χ1n) is 13.9. The van der Waals surface area contributed by atoms with Gasteiger partial charge >= 0.3 is 0 Å². The van der Waals surface area contributed by atoms with Crippen molar-refractivity contribution in [1.29, 1.82) is 0 Å². The Bertz CT molecular complexity index is 1280. The van der Waals surface area contributed by atoms with E-state index in [9.17, 15) is 22.8 Å². The van der Waals surface area contributed by atoms with Gasteiger partial charge in [0, 0.05) is 44.8 Å². The third-order valence-corrected chi connectivity index (χ3v) is 8.41. The summed E-state index contributed by atoms with van der Waals surface area (Å²) in [5.41, 5.74) is 7.84. The Morgan fingerprint density at radius 2 is 2.02 bits per heavy atom. The Balaban J connectivity index is 2.21. The molecule has 0 saturated carbocycles. The molecule has 13 heteroatoms. The van der Waals surface area contributed by atoms with Gasteiger partial charge < -0.3 is 26.2 Å². The van der Waals surface area contributed by atoms with Crippen LogP contribution in [0.2, 0.25) is 5.02 Å². The Labute approximate surface area is 254 Å². The van der Waals surface area contributed by atoms with Crippen LogP contribution in [0.3, 0.4) is 0 Å². The number of carbonyl (C=O) groups excluding carboxylic acids is 3. The number of carbonyl (C=O) groups is 3. The Morgan fingerprint density at radius 1 is 1.29 bits per heavy atom. The van der Waals surface area contributed by atoms with E-state index in [0.717, 1.165) is 17.7 Å². The summed E-state index contributed by atoms with van der Waals surface area (Å²) in [7, 11) is -2.45. The predicted octanol–water partition coefficient (Wildman–Crippen LogP) is 1.45. The highest BCUT2D eigenvalue weighted by Crippen LogP contribution is 2.21. The summed E-state index contributed by atoms with van der Waals surface area (Å²) >= 11 is 6.10. The minimum atomic E-state index is -4.05. The number of sulfonamides is 1. The molecule has 1 fully saturated rings. The zero-order chi connectivity index (χ0) is 31.3. The standard InChI is InChI=1S/C29H43ClN6O5S/c1-5-8-21(9-6-2)20-42(40,41)34-25(17-27(37)35(4)15-13-32-7-3)29(39)36-14-12-26(36)28(38)33-19-23-16-24(30)11-10-22(23)18-31/h5-6,8-11,16,25-26,32,34H,1,7,12-15,17-20,31H2,2-4H3,(H,33,38). The van der Waals surface area contributed by atoms with Crippen LogP contribution in [0.25, 0.3) is 0 Å². The van der Waals surface area contributed by atoms with Crippen LogP contribution in [0, 0.1) is 0 Å². The number of halogens is 1. The maximum atomic E-state index is 13.7. The third-order valence-electron chi connectivity index (χ3n) is 6.81. The number of hydrogen-bond acceptors (Lipinski definition) is 7. The molecule has 2 rings (SSSR count). The number of benzene rings is 1. The van der Waals surface area contributed by atoms with Crippen LogP contribution in [-0.2, 0) is 37.5 Å². The quantitative estimate of drug-likeness (QED) is 0.151. The van der Waals surface area contributed by atoms with Crippen LogP contribution in [0.1, 0.15) is 37.8 Å². The molecule has 0 bridgehead atoms. The molecular weight excluding hydrogens is 580 g/mol. The summed E-state index contributed by atoms with van der Waals surface area (Å²) in [6.45, 7) is 9.67. The van der Waals surface area contributed by atoms with Gasteiger partial charge in [0.2, 0.25) is 27.7 Å². The average molecular weight is 623 g/mol. The fourth-order valence-electron chi connectivity index (χ4n) is 4.44. The number of amides is 3. The molecule has 1 aliphatic rings. The van der Waals surface area contributed by atoms with Crippen molar-refractivity contribution >= 4 is 39.3 Å².